The van der Waals surface area contributed by atoms with Gasteiger partial charge in [-0.1, -0.05) is 43.3 Å². The van der Waals surface area contributed by atoms with E-state index < -0.39 is 0 Å². The maximum absolute atomic E-state index is 4.44. The topological polar surface area (TPSA) is 12.9 Å². The molecule has 1 nitrogen and oxygen atoms in total. The third-order valence-corrected chi connectivity index (χ3v) is 2.76. The van der Waals surface area contributed by atoms with Crippen LogP contribution in [0, 0.1) is 6.92 Å². The van der Waals surface area contributed by atoms with Crippen LogP contribution in [0.15, 0.2) is 48.7 Å². The van der Waals surface area contributed by atoms with Crippen molar-refractivity contribution in [2.24, 2.45) is 0 Å². The van der Waals surface area contributed by atoms with Crippen LogP contribution in [0.3, 0.4) is 0 Å². The van der Waals surface area contributed by atoms with Gasteiger partial charge in [0.2, 0.25) is 0 Å². The average Bonchev–Trinajstić information content (AvgIpc) is 2.37. The summed E-state index contributed by atoms with van der Waals surface area (Å²) >= 11 is 0. The SMILES string of the molecule is CC/C=C/c1cccc(C)c1-c1ccccn1. The van der Waals surface area contributed by atoms with Crippen LogP contribution in [0.2, 0.25) is 0 Å². The standard InChI is InChI=1S/C16H17N/c1-3-4-9-14-10-7-8-13(2)16(14)15-11-5-6-12-17-15/h4-12H,3H2,1-2H3/b9-4+. The minimum Gasteiger partial charge on any atom is -0.256 e. The van der Waals surface area contributed by atoms with E-state index in [0.29, 0.717) is 0 Å². The molecule has 2 rings (SSSR count). The number of hydrogen-bond donors (Lipinski definition) is 0. The maximum atomic E-state index is 4.44. The van der Waals surface area contributed by atoms with Crippen LogP contribution in [0.25, 0.3) is 17.3 Å². The summed E-state index contributed by atoms with van der Waals surface area (Å²) in [5.74, 6) is 0. The normalized spacial score (nSPS) is 10.9. The van der Waals surface area contributed by atoms with E-state index in [-0.39, 0.29) is 0 Å². The van der Waals surface area contributed by atoms with Crippen LogP contribution in [-0.2, 0) is 0 Å². The van der Waals surface area contributed by atoms with Crippen molar-refractivity contribution in [3.8, 4) is 11.3 Å². The molecule has 0 saturated heterocycles. The van der Waals surface area contributed by atoms with Gasteiger partial charge in [-0.25, -0.2) is 0 Å². The second-order valence-electron chi connectivity index (χ2n) is 4.06. The molecular formula is C16H17N. The molecule has 0 spiro atoms. The Hall–Kier alpha value is -1.89. The number of aromatic nitrogens is 1. The minimum absolute atomic E-state index is 1.04. The molecule has 17 heavy (non-hydrogen) atoms. The molecule has 0 aliphatic carbocycles. The van der Waals surface area contributed by atoms with Crippen molar-refractivity contribution < 1.29 is 0 Å². The summed E-state index contributed by atoms with van der Waals surface area (Å²) in [4.78, 5) is 4.44. The summed E-state index contributed by atoms with van der Waals surface area (Å²) in [6.07, 6.45) is 7.25. The highest BCUT2D eigenvalue weighted by atomic mass is 14.7. The first-order chi connectivity index (χ1) is 8.33. The van der Waals surface area contributed by atoms with E-state index in [9.17, 15) is 0 Å². The van der Waals surface area contributed by atoms with Gasteiger partial charge in [-0.05, 0) is 36.6 Å². The Kier molecular flexibility index (Phi) is 3.71. The number of benzene rings is 1. The minimum atomic E-state index is 1.04. The lowest BCUT2D eigenvalue weighted by atomic mass is 9.98. The molecule has 2 aromatic rings. The molecule has 1 aromatic carbocycles. The van der Waals surface area contributed by atoms with Gasteiger partial charge < -0.3 is 0 Å². The number of hydrogen-bond acceptors (Lipinski definition) is 1. The molecule has 86 valence electrons. The molecule has 0 bridgehead atoms. The zero-order valence-corrected chi connectivity index (χ0v) is 10.4. The highest BCUT2D eigenvalue weighted by molar-refractivity contribution is 5.75. The van der Waals surface area contributed by atoms with E-state index in [2.05, 4.69) is 55.2 Å². The summed E-state index contributed by atoms with van der Waals surface area (Å²) in [6, 6.07) is 12.4. The lowest BCUT2D eigenvalue weighted by molar-refractivity contribution is 1.23. The molecule has 0 amide bonds. The first-order valence-electron chi connectivity index (χ1n) is 6.00. The molecule has 0 aliphatic rings. The van der Waals surface area contributed by atoms with Crippen LogP contribution in [-0.4, -0.2) is 4.98 Å². The predicted molar refractivity (Wildman–Crippen MR) is 73.7 cm³/mol. The van der Waals surface area contributed by atoms with Gasteiger partial charge in [-0.3, -0.25) is 4.98 Å². The third-order valence-electron chi connectivity index (χ3n) is 2.76. The summed E-state index contributed by atoms with van der Waals surface area (Å²) in [6.45, 7) is 4.28. The molecule has 0 radical (unpaired) electrons. The number of rotatable bonds is 3. The maximum Gasteiger partial charge on any atom is 0.0710 e. The Morgan fingerprint density at radius 3 is 2.71 bits per heavy atom. The molecule has 1 heteroatoms. The van der Waals surface area contributed by atoms with Crippen molar-refractivity contribution in [1.29, 1.82) is 0 Å². The largest absolute Gasteiger partial charge is 0.256 e. The molecule has 0 fully saturated rings. The van der Waals surface area contributed by atoms with Crippen LogP contribution >= 0.6 is 0 Å². The summed E-state index contributed by atoms with van der Waals surface area (Å²) in [5, 5.41) is 0. The van der Waals surface area contributed by atoms with Crippen LogP contribution in [0.4, 0.5) is 0 Å². The fourth-order valence-corrected chi connectivity index (χ4v) is 1.93. The molecule has 0 aliphatic heterocycles. The van der Waals surface area contributed by atoms with E-state index in [4.69, 9.17) is 0 Å². The zero-order chi connectivity index (χ0) is 12.1. The Morgan fingerprint density at radius 2 is 2.00 bits per heavy atom. The number of aryl methyl sites for hydroxylation is 1. The Bertz CT molecular complexity index is 512. The highest BCUT2D eigenvalue weighted by Gasteiger charge is 2.06. The Labute approximate surface area is 103 Å². The van der Waals surface area contributed by atoms with Crippen molar-refractivity contribution in [3.05, 3.63) is 59.8 Å². The molecule has 1 heterocycles. The van der Waals surface area contributed by atoms with Crippen molar-refractivity contribution in [3.63, 3.8) is 0 Å². The van der Waals surface area contributed by atoms with Crippen LogP contribution in [0.1, 0.15) is 24.5 Å². The van der Waals surface area contributed by atoms with Gasteiger partial charge in [-0.15, -0.1) is 0 Å². The van der Waals surface area contributed by atoms with Gasteiger partial charge in [-0.2, -0.15) is 0 Å². The third kappa shape index (κ3) is 2.62. The van der Waals surface area contributed by atoms with Crippen molar-refractivity contribution in [2.75, 3.05) is 0 Å². The van der Waals surface area contributed by atoms with E-state index >= 15 is 0 Å². The molecule has 0 atom stereocenters. The van der Waals surface area contributed by atoms with Crippen LogP contribution in [0.5, 0.6) is 0 Å². The van der Waals surface area contributed by atoms with Gasteiger partial charge >= 0.3 is 0 Å². The monoisotopic (exact) mass is 223 g/mol. The molecule has 0 saturated carbocycles. The summed E-state index contributed by atoms with van der Waals surface area (Å²) < 4.78 is 0. The first kappa shape index (κ1) is 11.6. The average molecular weight is 223 g/mol. The predicted octanol–water partition coefficient (Wildman–Crippen LogP) is 4.48. The summed E-state index contributed by atoms with van der Waals surface area (Å²) in [5.41, 5.74) is 4.78. The molecule has 0 N–H and O–H groups in total. The molecule has 1 aromatic heterocycles. The Balaban J connectivity index is 2.55. The fraction of sp³-hybridized carbons (Fsp3) is 0.188. The van der Waals surface area contributed by atoms with Gasteiger partial charge in [0.1, 0.15) is 0 Å². The van der Waals surface area contributed by atoms with Gasteiger partial charge in [0, 0.05) is 11.8 Å². The van der Waals surface area contributed by atoms with E-state index in [1.54, 1.807) is 0 Å². The van der Waals surface area contributed by atoms with E-state index in [1.807, 2.05) is 18.3 Å². The fourth-order valence-electron chi connectivity index (χ4n) is 1.93. The second-order valence-corrected chi connectivity index (χ2v) is 4.06. The highest BCUT2D eigenvalue weighted by Crippen LogP contribution is 2.26. The van der Waals surface area contributed by atoms with Crippen LogP contribution < -0.4 is 0 Å². The zero-order valence-electron chi connectivity index (χ0n) is 10.4. The van der Waals surface area contributed by atoms with Gasteiger partial charge in [0.05, 0.1) is 5.69 Å². The van der Waals surface area contributed by atoms with Crippen molar-refractivity contribution >= 4 is 6.08 Å². The Morgan fingerprint density at radius 1 is 1.12 bits per heavy atom. The van der Waals surface area contributed by atoms with E-state index in [0.717, 1.165) is 12.1 Å². The number of pyridine rings is 1. The van der Waals surface area contributed by atoms with Gasteiger partial charge in [0.15, 0.2) is 0 Å². The van der Waals surface area contributed by atoms with Crippen molar-refractivity contribution in [1.82, 2.24) is 4.98 Å². The smallest absolute Gasteiger partial charge is 0.0710 e. The lowest BCUT2D eigenvalue weighted by Gasteiger charge is -2.09. The summed E-state index contributed by atoms with van der Waals surface area (Å²) in [7, 11) is 0. The molecule has 0 unspecified atom stereocenters. The quantitative estimate of drug-likeness (QED) is 0.747. The first-order valence-corrected chi connectivity index (χ1v) is 6.00. The van der Waals surface area contributed by atoms with Gasteiger partial charge in [0.25, 0.3) is 0 Å². The second kappa shape index (κ2) is 5.44. The van der Waals surface area contributed by atoms with E-state index in [1.165, 1.54) is 16.7 Å². The molecular weight excluding hydrogens is 206 g/mol. The lowest BCUT2D eigenvalue weighted by Crippen LogP contribution is -1.90. The number of nitrogens with zero attached hydrogens (tertiary/aromatic N) is 1. The number of allylic oxidation sites excluding steroid dienone is 1. The van der Waals surface area contributed by atoms with Crippen molar-refractivity contribution in [2.45, 2.75) is 20.3 Å².